The molecule has 0 radical (unpaired) electrons. The minimum absolute atomic E-state index is 0.0508. The monoisotopic (exact) mass is 260 g/mol. The van der Waals surface area contributed by atoms with Crippen LogP contribution in [0.3, 0.4) is 0 Å². The van der Waals surface area contributed by atoms with Crippen molar-refractivity contribution in [3.63, 3.8) is 0 Å². The van der Waals surface area contributed by atoms with Crippen LogP contribution in [-0.2, 0) is 14.3 Å². The van der Waals surface area contributed by atoms with Crippen molar-refractivity contribution >= 4 is 28.4 Å². The Balaban J connectivity index is 0.000000241. The lowest BCUT2D eigenvalue weighted by Crippen LogP contribution is -2.15. The third kappa shape index (κ3) is 7.38. The van der Waals surface area contributed by atoms with E-state index >= 15 is 0 Å². The lowest BCUT2D eigenvalue weighted by atomic mass is 10.5. The van der Waals surface area contributed by atoms with Crippen LogP contribution in [0, 0.1) is 0 Å². The molecular weight excluding hydrogens is 252 g/mol. The van der Waals surface area contributed by atoms with Gasteiger partial charge in [-0.3, -0.25) is 9.59 Å². The number of carbonyl (C=O) groups is 2. The molecule has 1 rings (SSSR count). The van der Waals surface area contributed by atoms with Gasteiger partial charge in [0, 0.05) is 6.20 Å². The lowest BCUT2D eigenvalue weighted by Gasteiger charge is -1.85. The van der Waals surface area contributed by atoms with Crippen LogP contribution in [0.4, 0.5) is 0 Å². The van der Waals surface area contributed by atoms with Crippen LogP contribution in [0.1, 0.15) is 0 Å². The molecule has 0 atom stereocenters. The first-order chi connectivity index (χ1) is 6.70. The third-order valence-electron chi connectivity index (χ3n) is 0.975. The molecule has 0 amide bonds. The molecule has 1 aromatic heterocycles. The van der Waals surface area contributed by atoms with E-state index in [0.717, 1.165) is 4.60 Å². The van der Waals surface area contributed by atoms with Crippen molar-refractivity contribution in [3.05, 3.63) is 29.0 Å². The summed E-state index contributed by atoms with van der Waals surface area (Å²) in [6.07, 6.45) is 1.74. The van der Waals surface area contributed by atoms with Gasteiger partial charge in [0.05, 0.1) is 6.54 Å². The lowest BCUT2D eigenvalue weighted by molar-refractivity contribution is -0.150. The van der Waals surface area contributed by atoms with Gasteiger partial charge in [-0.15, -0.1) is 0 Å². The Labute approximate surface area is 89.4 Å². The van der Waals surface area contributed by atoms with E-state index in [9.17, 15) is 9.59 Å². The Morgan fingerprint density at radius 3 is 2.57 bits per heavy atom. The number of ether oxygens (including phenoxy) is 1. The van der Waals surface area contributed by atoms with E-state index in [-0.39, 0.29) is 13.0 Å². The summed E-state index contributed by atoms with van der Waals surface area (Å²) in [6, 6.07) is 5.70. The minimum atomic E-state index is -0.713. The smallest absolute Gasteiger partial charge is 0.327 e. The quantitative estimate of drug-likeness (QED) is 0.362. The number of nitrogens with zero attached hydrogens (tertiary/aromatic N) is 1. The molecule has 0 aromatic carbocycles. The normalized spacial score (nSPS) is 8.14. The predicted molar refractivity (Wildman–Crippen MR) is 53.1 cm³/mol. The Morgan fingerprint density at radius 2 is 2.36 bits per heavy atom. The maximum absolute atomic E-state index is 9.83. The van der Waals surface area contributed by atoms with Gasteiger partial charge in [0.1, 0.15) is 4.60 Å². The first kappa shape index (κ1) is 12.7. The van der Waals surface area contributed by atoms with Gasteiger partial charge in [0.15, 0.2) is 0 Å². The molecule has 0 bridgehead atoms. The summed E-state index contributed by atoms with van der Waals surface area (Å²) < 4.78 is 4.63. The molecule has 6 heteroatoms. The average Bonchev–Trinajstić information content (AvgIpc) is 2.20. The SMILES string of the molecule is Brc1ccccn1.NCC(=O)OC=O. The van der Waals surface area contributed by atoms with E-state index in [2.05, 4.69) is 25.7 Å². The average molecular weight is 261 g/mol. The molecule has 0 spiro atoms. The standard InChI is InChI=1S/C5H4BrN.C3H5NO3/c6-5-3-1-2-4-7-5;4-1-3(6)7-2-5/h1-4H;2H,1,4H2. The van der Waals surface area contributed by atoms with Crippen LogP contribution < -0.4 is 5.73 Å². The van der Waals surface area contributed by atoms with Gasteiger partial charge in [0.25, 0.3) is 0 Å². The van der Waals surface area contributed by atoms with Crippen molar-refractivity contribution in [1.29, 1.82) is 0 Å². The number of aromatic nitrogens is 1. The fourth-order valence-electron chi connectivity index (χ4n) is 0.444. The van der Waals surface area contributed by atoms with E-state index in [4.69, 9.17) is 5.73 Å². The van der Waals surface area contributed by atoms with E-state index < -0.39 is 5.97 Å². The first-order valence-corrected chi connectivity index (χ1v) is 4.39. The number of carbonyl (C=O) groups excluding carboxylic acids is 2. The summed E-state index contributed by atoms with van der Waals surface area (Å²) in [7, 11) is 0. The van der Waals surface area contributed by atoms with Gasteiger partial charge < -0.3 is 10.5 Å². The zero-order valence-electron chi connectivity index (χ0n) is 7.22. The first-order valence-electron chi connectivity index (χ1n) is 3.60. The number of rotatable bonds is 2. The summed E-state index contributed by atoms with van der Waals surface area (Å²) in [5.74, 6) is -0.713. The largest absolute Gasteiger partial charge is 0.395 e. The van der Waals surface area contributed by atoms with Gasteiger partial charge in [-0.1, -0.05) is 6.07 Å². The van der Waals surface area contributed by atoms with Gasteiger partial charge in [-0.2, -0.15) is 0 Å². The van der Waals surface area contributed by atoms with Crippen LogP contribution >= 0.6 is 15.9 Å². The van der Waals surface area contributed by atoms with Crippen molar-refractivity contribution in [2.24, 2.45) is 5.73 Å². The summed E-state index contributed by atoms with van der Waals surface area (Å²) >= 11 is 3.20. The van der Waals surface area contributed by atoms with Crippen molar-refractivity contribution in [3.8, 4) is 0 Å². The molecule has 0 saturated carbocycles. The topological polar surface area (TPSA) is 82.3 Å². The molecule has 1 heterocycles. The molecule has 14 heavy (non-hydrogen) atoms. The Hall–Kier alpha value is -1.27. The molecule has 0 saturated heterocycles. The second-order valence-corrected chi connectivity index (χ2v) is 2.76. The second-order valence-electron chi connectivity index (χ2n) is 1.94. The molecule has 0 aliphatic carbocycles. The van der Waals surface area contributed by atoms with Crippen LogP contribution in [0.15, 0.2) is 29.0 Å². The highest BCUT2D eigenvalue weighted by Gasteiger charge is 1.92. The van der Waals surface area contributed by atoms with Crippen LogP contribution in [-0.4, -0.2) is 24.0 Å². The number of nitrogens with two attached hydrogens (primary N) is 1. The number of esters is 1. The zero-order valence-corrected chi connectivity index (χ0v) is 8.81. The fourth-order valence-corrected chi connectivity index (χ4v) is 0.715. The fraction of sp³-hybridized carbons (Fsp3) is 0.125. The number of pyridine rings is 1. The van der Waals surface area contributed by atoms with E-state index in [1.54, 1.807) is 6.20 Å². The van der Waals surface area contributed by atoms with E-state index in [0.29, 0.717) is 0 Å². The Bertz CT molecular complexity index is 279. The Morgan fingerprint density at radius 1 is 1.64 bits per heavy atom. The van der Waals surface area contributed by atoms with Crippen LogP contribution in [0.5, 0.6) is 0 Å². The van der Waals surface area contributed by atoms with E-state index in [1.165, 1.54) is 0 Å². The zero-order chi connectivity index (χ0) is 10.8. The maximum Gasteiger partial charge on any atom is 0.327 e. The minimum Gasteiger partial charge on any atom is -0.395 e. The van der Waals surface area contributed by atoms with Crippen molar-refractivity contribution in [2.45, 2.75) is 0 Å². The van der Waals surface area contributed by atoms with E-state index in [1.807, 2.05) is 18.2 Å². The maximum atomic E-state index is 9.83. The molecule has 1 aromatic rings. The molecule has 0 aliphatic rings. The molecule has 0 unspecified atom stereocenters. The molecular formula is C8H9BrN2O3. The second kappa shape index (κ2) is 8.33. The predicted octanol–water partition coefficient (Wildman–Crippen LogP) is 0.489. The molecule has 2 N–H and O–H groups in total. The Kier molecular flexibility index (Phi) is 7.58. The number of halogens is 1. The van der Waals surface area contributed by atoms with Crippen molar-refractivity contribution < 1.29 is 14.3 Å². The molecule has 0 aliphatic heterocycles. The highest BCUT2D eigenvalue weighted by atomic mass is 79.9. The van der Waals surface area contributed by atoms with Gasteiger partial charge in [-0.25, -0.2) is 4.98 Å². The highest BCUT2D eigenvalue weighted by Crippen LogP contribution is 2.00. The summed E-state index contributed by atoms with van der Waals surface area (Å²) in [5.41, 5.74) is 4.72. The van der Waals surface area contributed by atoms with Crippen LogP contribution in [0.25, 0.3) is 0 Å². The van der Waals surface area contributed by atoms with Gasteiger partial charge in [-0.05, 0) is 28.1 Å². The molecule has 76 valence electrons. The molecule has 0 fully saturated rings. The number of hydrogen-bond acceptors (Lipinski definition) is 5. The van der Waals surface area contributed by atoms with Crippen LogP contribution in [0.2, 0.25) is 0 Å². The summed E-state index contributed by atoms with van der Waals surface area (Å²) in [5, 5.41) is 0. The number of hydrogen-bond donors (Lipinski definition) is 1. The van der Waals surface area contributed by atoms with Crippen molar-refractivity contribution in [2.75, 3.05) is 6.54 Å². The third-order valence-corrected chi connectivity index (χ3v) is 1.44. The van der Waals surface area contributed by atoms with Gasteiger partial charge >= 0.3 is 12.4 Å². The highest BCUT2D eigenvalue weighted by molar-refractivity contribution is 9.10. The summed E-state index contributed by atoms with van der Waals surface area (Å²) in [6.45, 7) is -0.200. The van der Waals surface area contributed by atoms with Crippen molar-refractivity contribution in [1.82, 2.24) is 4.98 Å². The summed E-state index contributed by atoms with van der Waals surface area (Å²) in [4.78, 5) is 23.0. The van der Waals surface area contributed by atoms with Gasteiger partial charge in [0.2, 0.25) is 0 Å². The molecule has 5 nitrogen and oxygen atoms in total.